The van der Waals surface area contributed by atoms with Crippen molar-refractivity contribution in [1.29, 1.82) is 10.7 Å². The van der Waals surface area contributed by atoms with Gasteiger partial charge in [-0.1, -0.05) is 13.3 Å². The molecule has 1 N–H and O–H groups in total. The van der Waals surface area contributed by atoms with Crippen LogP contribution in [0.5, 0.6) is 0 Å². The maximum Gasteiger partial charge on any atom is 0.416 e. The van der Waals surface area contributed by atoms with Crippen LogP contribution >= 0.6 is 0 Å². The van der Waals surface area contributed by atoms with E-state index in [-0.39, 0.29) is 16.8 Å². The first-order chi connectivity index (χ1) is 7.90. The van der Waals surface area contributed by atoms with Gasteiger partial charge in [0, 0.05) is 11.3 Å². The third-order valence-corrected chi connectivity index (χ3v) is 2.29. The predicted molar refractivity (Wildman–Crippen MR) is 57.9 cm³/mol. The van der Waals surface area contributed by atoms with Gasteiger partial charge in [-0.15, -0.1) is 0 Å². The van der Waals surface area contributed by atoms with E-state index in [2.05, 4.69) is 0 Å². The van der Waals surface area contributed by atoms with Crippen LogP contribution in [-0.4, -0.2) is 5.71 Å². The van der Waals surface area contributed by atoms with Crippen molar-refractivity contribution in [3.05, 3.63) is 34.9 Å². The van der Waals surface area contributed by atoms with Crippen LogP contribution in [-0.2, 0) is 6.18 Å². The molecule has 0 fully saturated rings. The van der Waals surface area contributed by atoms with Crippen molar-refractivity contribution in [2.24, 2.45) is 0 Å². The fraction of sp³-hybridized carbons (Fsp3) is 0.333. The van der Waals surface area contributed by atoms with E-state index in [1.165, 1.54) is 0 Å². The van der Waals surface area contributed by atoms with Crippen LogP contribution in [0, 0.1) is 16.7 Å². The third kappa shape index (κ3) is 3.06. The van der Waals surface area contributed by atoms with Crippen molar-refractivity contribution < 1.29 is 13.2 Å². The summed E-state index contributed by atoms with van der Waals surface area (Å²) in [6.07, 6.45) is -3.44. The lowest BCUT2D eigenvalue weighted by molar-refractivity contribution is -0.137. The van der Waals surface area contributed by atoms with E-state index in [0.717, 1.165) is 18.2 Å². The Labute approximate surface area is 97.2 Å². The molecule has 1 aromatic carbocycles. The first kappa shape index (κ1) is 13.2. The fourth-order valence-corrected chi connectivity index (χ4v) is 1.45. The smallest absolute Gasteiger partial charge is 0.305 e. The second-order valence-electron chi connectivity index (χ2n) is 3.60. The normalized spacial score (nSPS) is 11.0. The first-order valence-electron chi connectivity index (χ1n) is 5.09. The molecule has 0 heterocycles. The van der Waals surface area contributed by atoms with E-state index in [4.69, 9.17) is 10.7 Å². The van der Waals surface area contributed by atoms with Gasteiger partial charge in [0.25, 0.3) is 0 Å². The monoisotopic (exact) mass is 240 g/mol. The summed E-state index contributed by atoms with van der Waals surface area (Å²) in [5.74, 6) is 0. The minimum absolute atomic E-state index is 0.0650. The molecular formula is C12H11F3N2. The molecule has 0 unspecified atom stereocenters. The first-order valence-corrected chi connectivity index (χ1v) is 5.09. The number of halogens is 3. The van der Waals surface area contributed by atoms with Crippen molar-refractivity contribution >= 4 is 5.71 Å². The lowest BCUT2D eigenvalue weighted by Gasteiger charge is -2.10. The number of alkyl halides is 3. The zero-order valence-corrected chi connectivity index (χ0v) is 9.23. The number of nitriles is 1. The molecule has 0 spiro atoms. The number of nitrogens with one attached hydrogen (secondary N) is 1. The Bertz CT molecular complexity index is 470. The Morgan fingerprint density at radius 3 is 2.53 bits per heavy atom. The Hall–Kier alpha value is -1.83. The molecule has 0 atom stereocenters. The van der Waals surface area contributed by atoms with Crippen LogP contribution < -0.4 is 0 Å². The minimum Gasteiger partial charge on any atom is -0.305 e. The summed E-state index contributed by atoms with van der Waals surface area (Å²) in [6, 6.07) is 4.65. The van der Waals surface area contributed by atoms with E-state index in [0.29, 0.717) is 12.8 Å². The SMILES string of the molecule is CCCC(=N)c1cc(C(F)(F)F)ccc1C#N. The van der Waals surface area contributed by atoms with Gasteiger partial charge in [-0.3, -0.25) is 0 Å². The molecule has 5 heteroatoms. The van der Waals surface area contributed by atoms with Gasteiger partial charge in [0.05, 0.1) is 17.2 Å². The summed E-state index contributed by atoms with van der Waals surface area (Å²) < 4.78 is 37.5. The fourth-order valence-electron chi connectivity index (χ4n) is 1.45. The van der Waals surface area contributed by atoms with Crippen LogP contribution in [0.4, 0.5) is 13.2 Å². The zero-order valence-electron chi connectivity index (χ0n) is 9.23. The second-order valence-corrected chi connectivity index (χ2v) is 3.60. The molecule has 0 radical (unpaired) electrons. The molecule has 1 rings (SSSR count). The lowest BCUT2D eigenvalue weighted by atomic mass is 9.98. The molecule has 0 aliphatic rings. The van der Waals surface area contributed by atoms with E-state index >= 15 is 0 Å². The standard InChI is InChI=1S/C12H11F3N2/c1-2-3-11(17)10-6-9(12(13,14)15)5-4-8(10)7-16/h4-6,17H,2-3H2,1H3. The molecule has 2 nitrogen and oxygen atoms in total. The van der Waals surface area contributed by atoms with Gasteiger partial charge in [0.2, 0.25) is 0 Å². The molecule has 0 saturated carbocycles. The summed E-state index contributed by atoms with van der Waals surface area (Å²) >= 11 is 0. The van der Waals surface area contributed by atoms with Crippen LogP contribution in [0.2, 0.25) is 0 Å². The number of rotatable bonds is 3. The van der Waals surface area contributed by atoms with Gasteiger partial charge in [-0.25, -0.2) is 0 Å². The summed E-state index contributed by atoms with van der Waals surface area (Å²) in [7, 11) is 0. The minimum atomic E-state index is -4.45. The van der Waals surface area contributed by atoms with Crippen LogP contribution in [0.1, 0.15) is 36.5 Å². The van der Waals surface area contributed by atoms with Crippen molar-refractivity contribution in [3.8, 4) is 6.07 Å². The number of benzene rings is 1. The van der Waals surface area contributed by atoms with Gasteiger partial charge in [-0.05, 0) is 24.6 Å². The highest BCUT2D eigenvalue weighted by molar-refractivity contribution is 6.00. The average Bonchev–Trinajstić information content (AvgIpc) is 2.27. The summed E-state index contributed by atoms with van der Waals surface area (Å²) in [5.41, 5.74) is -0.580. The Morgan fingerprint density at radius 1 is 1.41 bits per heavy atom. The lowest BCUT2D eigenvalue weighted by Crippen LogP contribution is -2.09. The Kier molecular flexibility index (Phi) is 3.89. The number of hydrogen-bond donors (Lipinski definition) is 1. The second kappa shape index (κ2) is 5.00. The van der Waals surface area contributed by atoms with Crippen molar-refractivity contribution in [2.75, 3.05) is 0 Å². The summed E-state index contributed by atoms with van der Waals surface area (Å²) in [5, 5.41) is 16.5. The highest BCUT2D eigenvalue weighted by Crippen LogP contribution is 2.30. The van der Waals surface area contributed by atoms with Crippen molar-refractivity contribution in [1.82, 2.24) is 0 Å². The largest absolute Gasteiger partial charge is 0.416 e. The quantitative estimate of drug-likeness (QED) is 0.803. The molecule has 1 aromatic rings. The molecule has 0 aliphatic heterocycles. The molecule has 0 aromatic heterocycles. The summed E-state index contributed by atoms with van der Waals surface area (Å²) in [6.45, 7) is 1.83. The molecule has 0 bridgehead atoms. The van der Waals surface area contributed by atoms with Crippen LogP contribution in [0.15, 0.2) is 18.2 Å². The molecule has 0 amide bonds. The number of nitrogens with zero attached hydrogens (tertiary/aromatic N) is 1. The topological polar surface area (TPSA) is 47.6 Å². The van der Waals surface area contributed by atoms with E-state index in [1.807, 2.05) is 6.92 Å². The molecular weight excluding hydrogens is 229 g/mol. The molecule has 0 saturated heterocycles. The van der Waals surface area contributed by atoms with Gasteiger partial charge >= 0.3 is 6.18 Å². The van der Waals surface area contributed by atoms with Gasteiger partial charge in [0.15, 0.2) is 0 Å². The average molecular weight is 240 g/mol. The van der Waals surface area contributed by atoms with Gasteiger partial charge in [-0.2, -0.15) is 18.4 Å². The van der Waals surface area contributed by atoms with Crippen LogP contribution in [0.25, 0.3) is 0 Å². The summed E-state index contributed by atoms with van der Waals surface area (Å²) in [4.78, 5) is 0. The van der Waals surface area contributed by atoms with Gasteiger partial charge < -0.3 is 5.41 Å². The highest BCUT2D eigenvalue weighted by atomic mass is 19.4. The molecule has 0 aliphatic carbocycles. The van der Waals surface area contributed by atoms with Gasteiger partial charge in [0.1, 0.15) is 0 Å². The Morgan fingerprint density at radius 2 is 2.06 bits per heavy atom. The highest BCUT2D eigenvalue weighted by Gasteiger charge is 2.31. The van der Waals surface area contributed by atoms with Crippen molar-refractivity contribution in [2.45, 2.75) is 25.9 Å². The maximum absolute atomic E-state index is 12.5. The zero-order chi connectivity index (χ0) is 13.1. The third-order valence-electron chi connectivity index (χ3n) is 2.29. The van der Waals surface area contributed by atoms with Crippen molar-refractivity contribution in [3.63, 3.8) is 0 Å². The predicted octanol–water partition coefficient (Wildman–Crippen LogP) is 3.75. The van der Waals surface area contributed by atoms with E-state index < -0.39 is 11.7 Å². The molecule has 90 valence electrons. The van der Waals surface area contributed by atoms with Crippen LogP contribution in [0.3, 0.4) is 0 Å². The maximum atomic E-state index is 12.5. The Balaban J connectivity index is 3.26. The number of hydrogen-bond acceptors (Lipinski definition) is 2. The van der Waals surface area contributed by atoms with E-state index in [1.54, 1.807) is 6.07 Å². The molecule has 17 heavy (non-hydrogen) atoms. The van der Waals surface area contributed by atoms with E-state index in [9.17, 15) is 13.2 Å².